The predicted octanol–water partition coefficient (Wildman–Crippen LogP) is 1.79. The van der Waals surface area contributed by atoms with Crippen molar-refractivity contribution >= 4 is 10.0 Å². The quantitative estimate of drug-likeness (QED) is 0.852. The second kappa shape index (κ2) is 6.21. The molecule has 0 unspecified atom stereocenters. The maximum Gasteiger partial charge on any atom is 0.274 e. The average molecular weight is 294 g/mol. The van der Waals surface area contributed by atoms with Crippen molar-refractivity contribution in [3.8, 4) is 0 Å². The highest BCUT2D eigenvalue weighted by atomic mass is 32.2. The standard InChI is InChI=1S/C14H18N2O3S/c1-11-3-5-12(6-4-11)9-16-20(17,18)14-8-7-13(19-14)10-15-2/h3-8,15-16H,9-10H2,1-2H3. The van der Waals surface area contributed by atoms with Crippen LogP contribution in [0.1, 0.15) is 16.9 Å². The lowest BCUT2D eigenvalue weighted by Crippen LogP contribution is -2.22. The summed E-state index contributed by atoms with van der Waals surface area (Å²) in [6.07, 6.45) is 0. The van der Waals surface area contributed by atoms with Crippen LogP contribution in [-0.2, 0) is 23.1 Å². The van der Waals surface area contributed by atoms with Gasteiger partial charge in [0.25, 0.3) is 10.0 Å². The van der Waals surface area contributed by atoms with Gasteiger partial charge in [-0.25, -0.2) is 13.1 Å². The van der Waals surface area contributed by atoms with E-state index in [1.807, 2.05) is 31.2 Å². The molecule has 1 aromatic heterocycles. The first kappa shape index (κ1) is 14.8. The van der Waals surface area contributed by atoms with Crippen molar-refractivity contribution in [3.63, 3.8) is 0 Å². The minimum Gasteiger partial charge on any atom is -0.447 e. The lowest BCUT2D eigenvalue weighted by molar-refractivity contribution is 0.404. The van der Waals surface area contributed by atoms with E-state index in [-0.39, 0.29) is 11.6 Å². The molecule has 0 aliphatic heterocycles. The van der Waals surface area contributed by atoms with Crippen molar-refractivity contribution in [1.29, 1.82) is 0 Å². The zero-order valence-electron chi connectivity index (χ0n) is 11.5. The number of furan rings is 1. The molecule has 2 rings (SSSR count). The number of benzene rings is 1. The topological polar surface area (TPSA) is 71.3 Å². The molecule has 0 bridgehead atoms. The normalized spacial score (nSPS) is 11.7. The highest BCUT2D eigenvalue weighted by Gasteiger charge is 2.18. The van der Waals surface area contributed by atoms with Crippen molar-refractivity contribution < 1.29 is 12.8 Å². The lowest BCUT2D eigenvalue weighted by Gasteiger charge is -2.05. The third-order valence-electron chi connectivity index (χ3n) is 2.84. The van der Waals surface area contributed by atoms with Crippen molar-refractivity contribution in [2.24, 2.45) is 0 Å². The highest BCUT2D eigenvalue weighted by Crippen LogP contribution is 2.14. The smallest absolute Gasteiger partial charge is 0.274 e. The number of hydrogen-bond donors (Lipinski definition) is 2. The monoisotopic (exact) mass is 294 g/mol. The molecule has 0 aliphatic rings. The van der Waals surface area contributed by atoms with Crippen molar-refractivity contribution in [2.45, 2.75) is 25.1 Å². The Hall–Kier alpha value is -1.63. The van der Waals surface area contributed by atoms with Gasteiger partial charge < -0.3 is 9.73 Å². The summed E-state index contributed by atoms with van der Waals surface area (Å²) in [6.45, 7) is 2.72. The van der Waals surface area contributed by atoms with E-state index in [4.69, 9.17) is 4.42 Å². The Morgan fingerprint density at radius 2 is 1.75 bits per heavy atom. The molecule has 0 fully saturated rings. The van der Waals surface area contributed by atoms with E-state index in [1.165, 1.54) is 6.07 Å². The van der Waals surface area contributed by atoms with E-state index in [2.05, 4.69) is 10.0 Å². The zero-order valence-corrected chi connectivity index (χ0v) is 12.3. The van der Waals surface area contributed by atoms with Gasteiger partial charge in [0, 0.05) is 6.54 Å². The van der Waals surface area contributed by atoms with E-state index >= 15 is 0 Å². The Morgan fingerprint density at radius 3 is 2.40 bits per heavy atom. The van der Waals surface area contributed by atoms with Crippen LogP contribution in [0.25, 0.3) is 0 Å². The molecule has 0 spiro atoms. The van der Waals surface area contributed by atoms with Crippen LogP contribution in [-0.4, -0.2) is 15.5 Å². The number of sulfonamides is 1. The van der Waals surface area contributed by atoms with E-state index in [9.17, 15) is 8.42 Å². The largest absolute Gasteiger partial charge is 0.447 e. The van der Waals surface area contributed by atoms with Gasteiger partial charge in [0.15, 0.2) is 0 Å². The summed E-state index contributed by atoms with van der Waals surface area (Å²) in [7, 11) is -1.84. The molecule has 2 aromatic rings. The summed E-state index contributed by atoms with van der Waals surface area (Å²) in [4.78, 5) is 0. The zero-order chi connectivity index (χ0) is 14.6. The van der Waals surface area contributed by atoms with Crippen molar-refractivity contribution in [3.05, 3.63) is 53.3 Å². The third-order valence-corrected chi connectivity index (χ3v) is 4.11. The fraction of sp³-hybridized carbons (Fsp3) is 0.286. The SMILES string of the molecule is CNCc1ccc(S(=O)(=O)NCc2ccc(C)cc2)o1. The number of hydrogen-bond acceptors (Lipinski definition) is 4. The number of aryl methyl sites for hydroxylation is 1. The molecule has 2 N–H and O–H groups in total. The second-order valence-electron chi connectivity index (χ2n) is 4.56. The van der Waals surface area contributed by atoms with Gasteiger partial charge in [-0.15, -0.1) is 0 Å². The van der Waals surface area contributed by atoms with Gasteiger partial charge in [-0.3, -0.25) is 0 Å². The van der Waals surface area contributed by atoms with Crippen molar-refractivity contribution in [2.75, 3.05) is 7.05 Å². The highest BCUT2D eigenvalue weighted by molar-refractivity contribution is 7.89. The van der Waals surface area contributed by atoms with Crippen LogP contribution in [0.15, 0.2) is 45.9 Å². The van der Waals surface area contributed by atoms with Crippen LogP contribution in [0.2, 0.25) is 0 Å². The van der Waals surface area contributed by atoms with Gasteiger partial charge in [-0.05, 0) is 31.7 Å². The summed E-state index contributed by atoms with van der Waals surface area (Å²) >= 11 is 0. The molecule has 1 heterocycles. The van der Waals surface area contributed by atoms with E-state index < -0.39 is 10.0 Å². The van der Waals surface area contributed by atoms with Crippen LogP contribution in [0, 0.1) is 6.92 Å². The summed E-state index contributed by atoms with van der Waals surface area (Å²) < 4.78 is 31.9. The van der Waals surface area contributed by atoms with Gasteiger partial charge >= 0.3 is 0 Å². The van der Waals surface area contributed by atoms with E-state index in [0.29, 0.717) is 12.3 Å². The first-order valence-electron chi connectivity index (χ1n) is 6.30. The molecule has 6 heteroatoms. The summed E-state index contributed by atoms with van der Waals surface area (Å²) in [6, 6.07) is 10.8. The first-order valence-corrected chi connectivity index (χ1v) is 7.78. The average Bonchev–Trinajstić information content (AvgIpc) is 2.88. The minimum atomic E-state index is -3.61. The Labute approximate surface area is 119 Å². The Kier molecular flexibility index (Phi) is 4.59. The molecule has 0 aliphatic carbocycles. The maximum absolute atomic E-state index is 12.1. The fourth-order valence-corrected chi connectivity index (χ4v) is 2.69. The predicted molar refractivity (Wildman–Crippen MR) is 76.7 cm³/mol. The van der Waals surface area contributed by atoms with Crippen LogP contribution < -0.4 is 10.0 Å². The molecule has 0 amide bonds. The molecule has 108 valence electrons. The van der Waals surface area contributed by atoms with Crippen LogP contribution in [0.4, 0.5) is 0 Å². The van der Waals surface area contributed by atoms with Crippen LogP contribution >= 0.6 is 0 Å². The van der Waals surface area contributed by atoms with Crippen molar-refractivity contribution in [1.82, 2.24) is 10.0 Å². The molecule has 20 heavy (non-hydrogen) atoms. The number of rotatable bonds is 6. The molecule has 0 radical (unpaired) electrons. The second-order valence-corrected chi connectivity index (χ2v) is 6.26. The van der Waals surface area contributed by atoms with Gasteiger partial charge in [0.05, 0.1) is 6.54 Å². The van der Waals surface area contributed by atoms with Crippen LogP contribution in [0.5, 0.6) is 0 Å². The van der Waals surface area contributed by atoms with E-state index in [1.54, 1.807) is 13.1 Å². The molecule has 0 saturated carbocycles. The number of nitrogens with one attached hydrogen (secondary N) is 2. The van der Waals surface area contributed by atoms with Gasteiger partial charge in [-0.1, -0.05) is 29.8 Å². The summed E-state index contributed by atoms with van der Waals surface area (Å²) in [5.74, 6) is 0.586. The third kappa shape index (κ3) is 3.69. The Balaban J connectivity index is 2.04. The Morgan fingerprint density at radius 1 is 1.05 bits per heavy atom. The summed E-state index contributed by atoms with van der Waals surface area (Å²) in [5, 5.41) is 2.84. The molecule has 0 atom stereocenters. The fourth-order valence-electron chi connectivity index (χ4n) is 1.73. The lowest BCUT2D eigenvalue weighted by atomic mass is 10.2. The molecule has 1 aromatic carbocycles. The molecule has 5 nitrogen and oxygen atoms in total. The van der Waals surface area contributed by atoms with Gasteiger partial charge in [0.2, 0.25) is 5.09 Å². The molecular formula is C14H18N2O3S. The van der Waals surface area contributed by atoms with Gasteiger partial charge in [-0.2, -0.15) is 0 Å². The maximum atomic E-state index is 12.1. The van der Waals surface area contributed by atoms with Gasteiger partial charge in [0.1, 0.15) is 5.76 Å². The first-order chi connectivity index (χ1) is 9.51. The van der Waals surface area contributed by atoms with E-state index in [0.717, 1.165) is 11.1 Å². The minimum absolute atomic E-state index is 0.0603. The molecular weight excluding hydrogens is 276 g/mol. The Bertz CT molecular complexity index is 660. The summed E-state index contributed by atoms with van der Waals surface area (Å²) in [5.41, 5.74) is 2.04. The molecule has 0 saturated heterocycles. The van der Waals surface area contributed by atoms with Crippen LogP contribution in [0.3, 0.4) is 0 Å².